The van der Waals surface area contributed by atoms with Crippen LogP contribution in [0.4, 0.5) is 0 Å². The van der Waals surface area contributed by atoms with Crippen molar-refractivity contribution in [2.75, 3.05) is 26.2 Å². The summed E-state index contributed by atoms with van der Waals surface area (Å²) in [5, 5.41) is 16.0. The molecule has 1 unspecified atom stereocenters. The first-order valence-electron chi connectivity index (χ1n) is 37.7. The largest absolute Gasteiger partial charge is 0.339 e. The number of likely N-dealkylation sites (tertiary alicyclic amines) is 1. The van der Waals surface area contributed by atoms with Crippen molar-refractivity contribution in [2.24, 2.45) is 32.6 Å². The maximum atomic E-state index is 11.3. The van der Waals surface area contributed by atoms with Crippen LogP contribution in [-0.2, 0) is 36.8 Å². The molecule has 1 atom stereocenters. The number of nitrogens with zero attached hydrogens (tertiary/aromatic N) is 11. The van der Waals surface area contributed by atoms with Gasteiger partial charge in [0, 0.05) is 93.7 Å². The minimum atomic E-state index is -0.0272. The van der Waals surface area contributed by atoms with Gasteiger partial charge in [0.05, 0.1) is 17.8 Å². The van der Waals surface area contributed by atoms with Gasteiger partial charge in [-0.1, -0.05) is 218 Å². The fourth-order valence-corrected chi connectivity index (χ4v) is 11.0. The van der Waals surface area contributed by atoms with Crippen LogP contribution in [0.2, 0.25) is 0 Å². The topological polar surface area (TPSA) is 180 Å². The van der Waals surface area contributed by atoms with E-state index in [2.05, 4.69) is 311 Å². The lowest BCUT2D eigenvalue weighted by Gasteiger charge is -2.31. The number of carbonyl (C=O) groups is 2. The number of carbonyl (C=O) groups excluding carboxylic acids is 2. The van der Waals surface area contributed by atoms with E-state index in [-0.39, 0.29) is 44.6 Å². The maximum Gasteiger partial charge on any atom is 0.247 e. The molecule has 19 heteroatoms. The molecule has 10 rings (SSSR count). The highest BCUT2D eigenvalue weighted by atomic mass is 32.1. The van der Waals surface area contributed by atoms with Crippen molar-refractivity contribution in [2.45, 2.75) is 268 Å². The Morgan fingerprint density at radius 1 is 0.596 bits per heavy atom. The normalized spacial score (nSPS) is 13.2. The summed E-state index contributed by atoms with van der Waals surface area (Å²) in [7, 11) is 0. The number of terminal acetylenes is 8. The molecule has 1 saturated heterocycles. The number of aromatic nitrogens is 10. The SMILES string of the molecule is C#CC1=NCC=C1.C#Cc1cc(C(C)(C)C)sn1.C#Cc1ccn(C(C)(C)C)n1.C#Cc1ccn[nH]1.C#Cc1nc(C(C)(C)C)cs1.C#Cc1ncc(C(C)(C)C)s1.C#Cc1ncc[nH]1.C#Cc1nscc1C(C)(C)C.C=CC(=O)N1CCC(C(C)(C)C)C1.CC(C)(C)C.CC(C)(C)C.CC(C)(C)C.CC(C)(C)N1CC=CC1=O. The summed E-state index contributed by atoms with van der Waals surface area (Å²) in [4.78, 5) is 47.3. The van der Waals surface area contributed by atoms with Gasteiger partial charge in [0.1, 0.15) is 28.5 Å². The Morgan fingerprint density at radius 2 is 1.16 bits per heavy atom. The molecule has 0 aromatic carbocycles. The monoisotopic (exact) mass is 1620 g/mol. The van der Waals surface area contributed by atoms with E-state index in [1.807, 2.05) is 88.8 Å². The van der Waals surface area contributed by atoms with Gasteiger partial charge in [0.15, 0.2) is 15.8 Å². The standard InChI is InChI=1S/C11H19NO.C9H12N2.4C9H11NS.C8H13NO.C6H5N.2C5H4N2.3C5H12/c1-5-10(13)12-7-6-9(8-12)11(2,3)4;1-5-8-6-7-11(10-8)9(2,3)4;1-5-8-10-7(6-11-8)9(2,3)4;1-5-8-10-6-7(11-8)9(2,3)4;1-5-8-7(6-11-10-8)9(2,3)4;1-5-7-6-8(11-10-7)9(2,3)4;1-8(2,3)9-6-4-5-7(9)10;1-2-6-4-3-5-7-6;1-2-5-6-3-4-7-5;1-2-5-3-4-6-7-5;3*1-5(2,3)4/h5,9H,1,6-8H2,2-4H3;1,6-7H,2-4H3;4*1,6H,2-4H3;4-5H,6H2,1-3H3;1,3-4H,5H2;2*1,3-4H,(H,6,7);3*1-4H3. The van der Waals surface area contributed by atoms with E-state index in [4.69, 9.17) is 51.4 Å². The van der Waals surface area contributed by atoms with E-state index in [1.165, 1.54) is 55.8 Å². The molecule has 0 bridgehead atoms. The first kappa shape index (κ1) is 109. The minimum Gasteiger partial charge on any atom is -0.339 e. The van der Waals surface area contributed by atoms with Crippen LogP contribution in [0.15, 0.2) is 102 Å². The molecule has 1 fully saturated rings. The fourth-order valence-electron chi connectivity index (χ4n) is 7.70. The Kier molecular flexibility index (Phi) is 48.2. The number of rotatable bonds is 1. The molecule has 0 spiro atoms. The van der Waals surface area contributed by atoms with Crippen LogP contribution < -0.4 is 0 Å². The van der Waals surface area contributed by atoms with Gasteiger partial charge in [-0.15, -0.1) is 74.1 Å². The summed E-state index contributed by atoms with van der Waals surface area (Å²) in [5.74, 6) is 21.2. The zero-order valence-electron chi connectivity index (χ0n) is 75.5. The average molecular weight is 1620 g/mol. The second-order valence-electron chi connectivity index (χ2n) is 38.1. The lowest BCUT2D eigenvalue weighted by atomic mass is 9.80. The van der Waals surface area contributed by atoms with Gasteiger partial charge < -0.3 is 14.8 Å². The Hall–Kier alpha value is -9.54. The van der Waals surface area contributed by atoms with Crippen LogP contribution >= 0.6 is 45.7 Å². The van der Waals surface area contributed by atoms with Gasteiger partial charge in [0.2, 0.25) is 11.8 Å². The molecule has 2 amide bonds. The smallest absolute Gasteiger partial charge is 0.247 e. The number of hydrogen-bond donors (Lipinski definition) is 2. The second kappa shape index (κ2) is 50.6. The summed E-state index contributed by atoms with van der Waals surface area (Å²) in [5.41, 5.74) is 8.37. The highest BCUT2D eigenvalue weighted by Gasteiger charge is 2.33. The minimum absolute atomic E-state index is 0.0229. The first-order valence-corrected chi connectivity index (χ1v) is 41.0. The lowest BCUT2D eigenvalue weighted by molar-refractivity contribution is -0.128. The number of imidazole rings is 1. The van der Waals surface area contributed by atoms with Crippen molar-refractivity contribution in [1.82, 2.24) is 58.5 Å². The number of hydrogen-bond acceptors (Lipinski definition) is 14. The quantitative estimate of drug-likeness (QED) is 0.119. The van der Waals surface area contributed by atoms with E-state index in [0.29, 0.717) is 39.1 Å². The molecule has 0 radical (unpaired) electrons. The Labute approximate surface area is 708 Å². The van der Waals surface area contributed by atoms with Crippen molar-refractivity contribution in [3.63, 3.8) is 0 Å². The van der Waals surface area contributed by atoms with E-state index < -0.39 is 0 Å². The van der Waals surface area contributed by atoms with Crippen molar-refractivity contribution in [1.29, 1.82) is 0 Å². The summed E-state index contributed by atoms with van der Waals surface area (Å²) in [6, 6.07) is 5.55. The molecule has 0 aliphatic carbocycles. The molecule has 7 aromatic heterocycles. The highest BCUT2D eigenvalue weighted by molar-refractivity contribution is 7.12. The molecule has 7 aromatic rings. The van der Waals surface area contributed by atoms with Gasteiger partial charge in [0.25, 0.3) is 0 Å². The van der Waals surface area contributed by atoms with Gasteiger partial charge in [-0.05, 0) is 181 Å². The van der Waals surface area contributed by atoms with Crippen LogP contribution in [0, 0.1) is 126 Å². The van der Waals surface area contributed by atoms with E-state index in [0.717, 1.165) is 71.1 Å². The third kappa shape index (κ3) is 53.5. The predicted octanol–water partition coefficient (Wildman–Crippen LogP) is 22.1. The van der Waals surface area contributed by atoms with Crippen molar-refractivity contribution in [3.05, 3.63) is 157 Å². The number of H-pyrrole nitrogens is 2. The molecule has 114 heavy (non-hydrogen) atoms. The maximum absolute atomic E-state index is 11.3. The fraction of sp³-hybridized carbons (Fsp3) is 0.516. The Balaban J connectivity index is -0.00000118. The third-order valence-corrected chi connectivity index (χ3v) is 17.7. The molecular formula is C95H137N13O2S4. The number of thiazole rings is 2. The zero-order chi connectivity index (χ0) is 89.1. The van der Waals surface area contributed by atoms with Crippen LogP contribution in [-0.4, -0.2) is 108 Å². The molecule has 2 N–H and O–H groups in total. The number of allylic oxidation sites excluding steroid dienone is 1. The van der Waals surface area contributed by atoms with Crippen molar-refractivity contribution < 1.29 is 9.59 Å². The van der Waals surface area contributed by atoms with Crippen LogP contribution in [0.3, 0.4) is 0 Å². The summed E-state index contributed by atoms with van der Waals surface area (Å²) >= 11 is 6.04. The molecule has 618 valence electrons. The molecule has 3 aliphatic heterocycles. The molecular weight excluding hydrogens is 1480 g/mol. The molecule has 15 nitrogen and oxygen atoms in total. The zero-order valence-corrected chi connectivity index (χ0v) is 78.7. The Morgan fingerprint density at radius 3 is 1.41 bits per heavy atom. The molecule has 3 aliphatic rings. The van der Waals surface area contributed by atoms with Crippen molar-refractivity contribution in [3.8, 4) is 98.8 Å². The number of aromatic amines is 2. The summed E-state index contributed by atoms with van der Waals surface area (Å²) in [6.45, 7) is 77.9. The van der Waals surface area contributed by atoms with Crippen LogP contribution in [0.5, 0.6) is 0 Å². The van der Waals surface area contributed by atoms with E-state index in [1.54, 1.807) is 42.1 Å². The molecule has 10 heterocycles. The number of nitrogens with one attached hydrogen (secondary N) is 2. The van der Waals surface area contributed by atoms with E-state index >= 15 is 0 Å². The summed E-state index contributed by atoms with van der Waals surface area (Å²) in [6.07, 6.45) is 59.5. The number of amides is 2. The van der Waals surface area contributed by atoms with Crippen molar-refractivity contribution >= 4 is 63.3 Å². The first-order chi connectivity index (χ1) is 52.0. The van der Waals surface area contributed by atoms with E-state index in [9.17, 15) is 9.59 Å². The average Bonchev–Trinajstić information content (AvgIpc) is 1.70. The van der Waals surface area contributed by atoms with Gasteiger partial charge in [-0.2, -0.15) is 18.9 Å². The van der Waals surface area contributed by atoms with Gasteiger partial charge >= 0.3 is 0 Å². The Bertz CT molecular complexity index is 4050. The van der Waals surface area contributed by atoms with Gasteiger partial charge in [-0.25, -0.2) is 15.0 Å². The predicted molar refractivity (Wildman–Crippen MR) is 494 cm³/mol. The second-order valence-corrected chi connectivity index (χ2v) is 41.4. The summed E-state index contributed by atoms with van der Waals surface area (Å²) < 4.78 is 10.1. The number of aliphatic imine (C=N–C) groups is 1. The van der Waals surface area contributed by atoms with Crippen LogP contribution in [0.1, 0.15) is 295 Å². The van der Waals surface area contributed by atoms with Gasteiger partial charge in [-0.3, -0.25) is 24.4 Å². The lowest BCUT2D eigenvalue weighted by Crippen LogP contribution is -2.42. The third-order valence-electron chi connectivity index (χ3n) is 13.7. The van der Waals surface area contributed by atoms with Crippen LogP contribution in [0.25, 0.3) is 0 Å². The highest BCUT2D eigenvalue weighted by Crippen LogP contribution is 2.34. The molecule has 0 saturated carbocycles.